The van der Waals surface area contributed by atoms with E-state index in [2.05, 4.69) is 47.4 Å². The van der Waals surface area contributed by atoms with Gasteiger partial charge in [-0.1, -0.05) is 31.2 Å². The van der Waals surface area contributed by atoms with E-state index in [1.54, 1.807) is 11.3 Å². The van der Waals surface area contributed by atoms with Crippen LogP contribution in [0, 0.1) is 0 Å². The standard InChI is InChI=1S/C14H19N3S/c1-3-13-10-18-14(16-13)17(2)9-12-7-5-4-6-11(12)8-15/h4-7,10H,3,8-9,15H2,1-2H3. The first-order valence-electron chi connectivity index (χ1n) is 6.17. The van der Waals surface area contributed by atoms with Gasteiger partial charge in [-0.25, -0.2) is 4.98 Å². The number of nitrogens with two attached hydrogens (primary N) is 1. The Morgan fingerprint density at radius 2 is 2.00 bits per heavy atom. The van der Waals surface area contributed by atoms with Gasteiger partial charge in [-0.15, -0.1) is 11.3 Å². The Bertz CT molecular complexity index is 507. The molecule has 0 saturated carbocycles. The molecule has 0 unspecified atom stereocenters. The Morgan fingerprint density at radius 1 is 1.28 bits per heavy atom. The molecule has 2 aromatic rings. The van der Waals surface area contributed by atoms with E-state index in [-0.39, 0.29) is 0 Å². The SMILES string of the molecule is CCc1csc(N(C)Cc2ccccc2CN)n1. The molecule has 0 amide bonds. The molecule has 1 aromatic heterocycles. The van der Waals surface area contributed by atoms with Crippen molar-refractivity contribution >= 4 is 16.5 Å². The van der Waals surface area contributed by atoms with Crippen LogP contribution in [0.15, 0.2) is 29.6 Å². The molecular formula is C14H19N3S. The number of aromatic nitrogens is 1. The van der Waals surface area contributed by atoms with Crippen molar-refractivity contribution in [2.24, 2.45) is 5.73 Å². The number of hydrogen-bond donors (Lipinski definition) is 1. The molecule has 96 valence electrons. The van der Waals surface area contributed by atoms with Gasteiger partial charge in [0.1, 0.15) is 0 Å². The van der Waals surface area contributed by atoms with Crippen LogP contribution in [0.5, 0.6) is 0 Å². The van der Waals surface area contributed by atoms with Crippen LogP contribution in [0.2, 0.25) is 0 Å². The van der Waals surface area contributed by atoms with Crippen LogP contribution in [-0.2, 0) is 19.5 Å². The summed E-state index contributed by atoms with van der Waals surface area (Å²) in [7, 11) is 2.07. The number of aryl methyl sites for hydroxylation is 1. The Kier molecular flexibility index (Phi) is 4.33. The second-order valence-corrected chi connectivity index (χ2v) is 5.14. The zero-order valence-electron chi connectivity index (χ0n) is 10.9. The Morgan fingerprint density at radius 3 is 2.61 bits per heavy atom. The topological polar surface area (TPSA) is 42.1 Å². The molecule has 0 spiro atoms. The zero-order chi connectivity index (χ0) is 13.0. The van der Waals surface area contributed by atoms with E-state index in [0.29, 0.717) is 6.54 Å². The monoisotopic (exact) mass is 261 g/mol. The molecule has 1 heterocycles. The van der Waals surface area contributed by atoms with Crippen molar-refractivity contribution in [1.29, 1.82) is 0 Å². The highest BCUT2D eigenvalue weighted by molar-refractivity contribution is 7.13. The second-order valence-electron chi connectivity index (χ2n) is 4.30. The fraction of sp³-hybridized carbons (Fsp3) is 0.357. The molecule has 3 nitrogen and oxygen atoms in total. The van der Waals surface area contributed by atoms with Crippen LogP contribution >= 0.6 is 11.3 Å². The average Bonchev–Trinajstić information content (AvgIpc) is 2.88. The first kappa shape index (κ1) is 13.1. The normalized spacial score (nSPS) is 10.6. The highest BCUT2D eigenvalue weighted by Gasteiger charge is 2.08. The van der Waals surface area contributed by atoms with E-state index in [9.17, 15) is 0 Å². The van der Waals surface area contributed by atoms with Crippen molar-refractivity contribution in [2.45, 2.75) is 26.4 Å². The molecule has 0 radical (unpaired) electrons. The molecule has 1 aromatic carbocycles. The van der Waals surface area contributed by atoms with Crippen LogP contribution in [0.25, 0.3) is 0 Å². The number of benzene rings is 1. The Hall–Kier alpha value is -1.39. The van der Waals surface area contributed by atoms with Crippen molar-refractivity contribution in [3.05, 3.63) is 46.5 Å². The average molecular weight is 261 g/mol. The molecule has 2 rings (SSSR count). The van der Waals surface area contributed by atoms with Crippen LogP contribution in [-0.4, -0.2) is 12.0 Å². The molecular weight excluding hydrogens is 242 g/mol. The molecule has 0 saturated heterocycles. The molecule has 18 heavy (non-hydrogen) atoms. The fourth-order valence-corrected chi connectivity index (χ4v) is 2.74. The molecule has 0 bridgehead atoms. The molecule has 0 aliphatic heterocycles. The van der Waals surface area contributed by atoms with Gasteiger partial charge in [-0.2, -0.15) is 0 Å². The van der Waals surface area contributed by atoms with Crippen LogP contribution < -0.4 is 10.6 Å². The number of thiazole rings is 1. The summed E-state index contributed by atoms with van der Waals surface area (Å²) >= 11 is 1.70. The smallest absolute Gasteiger partial charge is 0.185 e. The summed E-state index contributed by atoms with van der Waals surface area (Å²) in [5.74, 6) is 0. The summed E-state index contributed by atoms with van der Waals surface area (Å²) in [4.78, 5) is 6.77. The van der Waals surface area contributed by atoms with Gasteiger partial charge in [0.15, 0.2) is 5.13 Å². The van der Waals surface area contributed by atoms with Crippen LogP contribution in [0.3, 0.4) is 0 Å². The molecule has 0 aliphatic rings. The van der Waals surface area contributed by atoms with Gasteiger partial charge in [0.05, 0.1) is 5.69 Å². The number of anilines is 1. The van der Waals surface area contributed by atoms with E-state index >= 15 is 0 Å². The zero-order valence-corrected chi connectivity index (χ0v) is 11.7. The number of nitrogens with zero attached hydrogens (tertiary/aromatic N) is 2. The third kappa shape index (κ3) is 2.89. The van der Waals surface area contributed by atoms with Crippen molar-refractivity contribution in [1.82, 2.24) is 4.98 Å². The summed E-state index contributed by atoms with van der Waals surface area (Å²) in [6, 6.07) is 8.31. The van der Waals surface area contributed by atoms with E-state index in [1.165, 1.54) is 11.1 Å². The summed E-state index contributed by atoms with van der Waals surface area (Å²) < 4.78 is 0. The lowest BCUT2D eigenvalue weighted by Gasteiger charge is -2.17. The van der Waals surface area contributed by atoms with Gasteiger partial charge in [0.2, 0.25) is 0 Å². The number of hydrogen-bond acceptors (Lipinski definition) is 4. The predicted molar refractivity (Wildman–Crippen MR) is 77.9 cm³/mol. The van der Waals surface area contributed by atoms with Gasteiger partial charge < -0.3 is 10.6 Å². The molecule has 0 aliphatic carbocycles. The fourth-order valence-electron chi connectivity index (χ4n) is 1.87. The van der Waals surface area contributed by atoms with Gasteiger partial charge in [0, 0.05) is 25.5 Å². The number of rotatable bonds is 5. The maximum Gasteiger partial charge on any atom is 0.185 e. The molecule has 0 atom stereocenters. The quantitative estimate of drug-likeness (QED) is 0.900. The molecule has 4 heteroatoms. The van der Waals surface area contributed by atoms with Gasteiger partial charge >= 0.3 is 0 Å². The van der Waals surface area contributed by atoms with Crippen LogP contribution in [0.1, 0.15) is 23.7 Å². The summed E-state index contributed by atoms with van der Waals surface area (Å²) in [5, 5.41) is 3.19. The Balaban J connectivity index is 2.13. The summed E-state index contributed by atoms with van der Waals surface area (Å²) in [6.07, 6.45) is 0.990. The summed E-state index contributed by atoms with van der Waals surface area (Å²) in [6.45, 7) is 3.56. The van der Waals surface area contributed by atoms with E-state index in [4.69, 9.17) is 5.73 Å². The van der Waals surface area contributed by atoms with Gasteiger partial charge in [-0.05, 0) is 17.5 Å². The third-order valence-electron chi connectivity index (χ3n) is 2.97. The third-order valence-corrected chi connectivity index (χ3v) is 3.98. The largest absolute Gasteiger partial charge is 0.347 e. The Labute approximate surface area is 112 Å². The first-order valence-corrected chi connectivity index (χ1v) is 7.05. The van der Waals surface area contributed by atoms with E-state index in [1.807, 2.05) is 6.07 Å². The molecule has 0 fully saturated rings. The predicted octanol–water partition coefficient (Wildman–Crippen LogP) is 2.80. The first-order chi connectivity index (χ1) is 8.74. The lowest BCUT2D eigenvalue weighted by atomic mass is 10.1. The minimum Gasteiger partial charge on any atom is -0.347 e. The van der Waals surface area contributed by atoms with Crippen LogP contribution in [0.4, 0.5) is 5.13 Å². The lowest BCUT2D eigenvalue weighted by Crippen LogP contribution is -2.18. The lowest BCUT2D eigenvalue weighted by molar-refractivity contribution is 0.882. The molecule has 2 N–H and O–H groups in total. The highest BCUT2D eigenvalue weighted by Crippen LogP contribution is 2.22. The maximum absolute atomic E-state index is 5.76. The van der Waals surface area contributed by atoms with Crippen molar-refractivity contribution in [3.63, 3.8) is 0 Å². The maximum atomic E-state index is 5.76. The van der Waals surface area contributed by atoms with Crippen molar-refractivity contribution in [2.75, 3.05) is 11.9 Å². The van der Waals surface area contributed by atoms with Gasteiger partial charge in [-0.3, -0.25) is 0 Å². The minimum absolute atomic E-state index is 0.585. The van der Waals surface area contributed by atoms with E-state index < -0.39 is 0 Å². The van der Waals surface area contributed by atoms with Crippen molar-refractivity contribution < 1.29 is 0 Å². The minimum atomic E-state index is 0.585. The van der Waals surface area contributed by atoms with Crippen molar-refractivity contribution in [3.8, 4) is 0 Å². The van der Waals surface area contributed by atoms with Gasteiger partial charge in [0.25, 0.3) is 0 Å². The van der Waals surface area contributed by atoms with E-state index in [0.717, 1.165) is 23.8 Å². The second kappa shape index (κ2) is 5.98. The highest BCUT2D eigenvalue weighted by atomic mass is 32.1. The summed E-state index contributed by atoms with van der Waals surface area (Å²) in [5.41, 5.74) is 9.40.